The van der Waals surface area contributed by atoms with Gasteiger partial charge in [0.2, 0.25) is 0 Å². The van der Waals surface area contributed by atoms with E-state index in [4.69, 9.17) is 0 Å². The second kappa shape index (κ2) is 11.2. The highest BCUT2D eigenvalue weighted by Gasteiger charge is 2.30. The van der Waals surface area contributed by atoms with Gasteiger partial charge in [0, 0.05) is 12.7 Å². The molecule has 1 saturated heterocycles. The number of nitrogens with zero attached hydrogens (tertiary/aromatic N) is 1. The summed E-state index contributed by atoms with van der Waals surface area (Å²) < 4.78 is 38.7. The molecule has 1 heterocycles. The number of hydrogen-bond acceptors (Lipinski definition) is 3. The molecule has 1 aliphatic heterocycles. The standard InChI is InChI=1S/C8H8F3NO.C6H13N.C2H6/c1-12-6-2-4-7(5-3-6)13-8(9,10)11;1-7-5-3-2-4-6-7;1-2/h2-5,12H,1H3;2-6H2,1H3;1-2H3. The molecule has 22 heavy (non-hydrogen) atoms. The summed E-state index contributed by atoms with van der Waals surface area (Å²) in [6, 6.07) is 5.50. The number of benzene rings is 1. The molecule has 0 radical (unpaired) electrons. The van der Waals surface area contributed by atoms with Gasteiger partial charge in [0.25, 0.3) is 0 Å². The van der Waals surface area contributed by atoms with E-state index in [0.717, 1.165) is 5.69 Å². The Morgan fingerprint density at radius 2 is 1.50 bits per heavy atom. The maximum Gasteiger partial charge on any atom is 0.573 e. The van der Waals surface area contributed by atoms with Gasteiger partial charge >= 0.3 is 6.36 Å². The quantitative estimate of drug-likeness (QED) is 0.850. The van der Waals surface area contributed by atoms with Crippen LogP contribution in [0.3, 0.4) is 0 Å². The lowest BCUT2D eigenvalue weighted by atomic mass is 10.1. The number of rotatable bonds is 2. The Kier molecular flexibility index (Phi) is 10.5. The second-order valence-corrected chi connectivity index (χ2v) is 4.69. The summed E-state index contributed by atoms with van der Waals surface area (Å²) in [6.45, 7) is 6.64. The number of hydrogen-bond donors (Lipinski definition) is 1. The van der Waals surface area contributed by atoms with Crippen LogP contribution in [0.5, 0.6) is 5.75 Å². The number of piperidine rings is 1. The van der Waals surface area contributed by atoms with Crippen molar-refractivity contribution < 1.29 is 17.9 Å². The van der Waals surface area contributed by atoms with Crippen LogP contribution in [0.15, 0.2) is 24.3 Å². The molecule has 0 atom stereocenters. The molecular weight excluding hydrogens is 293 g/mol. The fourth-order valence-corrected chi connectivity index (χ4v) is 1.88. The molecule has 1 aliphatic rings. The van der Waals surface area contributed by atoms with E-state index in [0.29, 0.717) is 0 Å². The highest BCUT2D eigenvalue weighted by atomic mass is 19.4. The molecule has 0 saturated carbocycles. The first-order valence-corrected chi connectivity index (χ1v) is 7.63. The van der Waals surface area contributed by atoms with Gasteiger partial charge in [0.1, 0.15) is 5.75 Å². The fourth-order valence-electron chi connectivity index (χ4n) is 1.88. The van der Waals surface area contributed by atoms with E-state index in [-0.39, 0.29) is 5.75 Å². The Labute approximate surface area is 131 Å². The van der Waals surface area contributed by atoms with Crippen LogP contribution in [0.4, 0.5) is 18.9 Å². The van der Waals surface area contributed by atoms with Gasteiger partial charge in [-0.1, -0.05) is 20.3 Å². The van der Waals surface area contributed by atoms with E-state index in [9.17, 15) is 13.2 Å². The lowest BCUT2D eigenvalue weighted by Gasteiger charge is -2.20. The highest BCUT2D eigenvalue weighted by molar-refractivity contribution is 5.45. The van der Waals surface area contributed by atoms with Gasteiger partial charge < -0.3 is 15.0 Å². The van der Waals surface area contributed by atoms with Gasteiger partial charge in [-0.2, -0.15) is 0 Å². The third-order valence-corrected chi connectivity index (χ3v) is 2.96. The van der Waals surface area contributed by atoms with Gasteiger partial charge in [-0.05, 0) is 57.2 Å². The molecule has 128 valence electrons. The van der Waals surface area contributed by atoms with Crippen molar-refractivity contribution in [3.63, 3.8) is 0 Å². The Balaban J connectivity index is 0.000000412. The predicted molar refractivity (Wildman–Crippen MR) is 85.4 cm³/mol. The monoisotopic (exact) mass is 320 g/mol. The van der Waals surface area contributed by atoms with Crippen molar-refractivity contribution in [1.82, 2.24) is 4.90 Å². The zero-order valence-corrected chi connectivity index (χ0v) is 13.8. The molecule has 1 aromatic rings. The normalized spacial score (nSPS) is 14.9. The number of anilines is 1. The summed E-state index contributed by atoms with van der Waals surface area (Å²) in [5, 5.41) is 2.78. The average molecular weight is 320 g/mol. The minimum Gasteiger partial charge on any atom is -0.406 e. The Morgan fingerprint density at radius 1 is 1.00 bits per heavy atom. The van der Waals surface area contributed by atoms with Gasteiger partial charge in [-0.15, -0.1) is 13.2 Å². The van der Waals surface area contributed by atoms with Crippen LogP contribution in [-0.2, 0) is 0 Å². The van der Waals surface area contributed by atoms with Crippen LogP contribution >= 0.6 is 0 Å². The summed E-state index contributed by atoms with van der Waals surface area (Å²) in [5.74, 6) is -0.216. The van der Waals surface area contributed by atoms with E-state index in [1.807, 2.05) is 13.8 Å². The molecular formula is C16H27F3N2O. The lowest BCUT2D eigenvalue weighted by Crippen LogP contribution is -2.24. The molecule has 0 unspecified atom stereocenters. The van der Waals surface area contributed by atoms with Crippen LogP contribution < -0.4 is 10.1 Å². The molecule has 1 aromatic carbocycles. The topological polar surface area (TPSA) is 24.5 Å². The lowest BCUT2D eigenvalue weighted by molar-refractivity contribution is -0.274. The number of ether oxygens (including phenoxy) is 1. The predicted octanol–water partition coefficient (Wildman–Crippen LogP) is 4.76. The first-order chi connectivity index (χ1) is 10.4. The van der Waals surface area contributed by atoms with Crippen LogP contribution in [0.2, 0.25) is 0 Å². The van der Waals surface area contributed by atoms with Crippen LogP contribution in [0.1, 0.15) is 33.1 Å². The Bertz CT molecular complexity index is 374. The molecule has 0 aliphatic carbocycles. The zero-order valence-electron chi connectivity index (χ0n) is 13.8. The molecule has 3 nitrogen and oxygen atoms in total. The van der Waals surface area contributed by atoms with E-state index < -0.39 is 6.36 Å². The average Bonchev–Trinajstić information content (AvgIpc) is 2.50. The SMILES string of the molecule is CC.CN1CCCCC1.CNc1ccc(OC(F)(F)F)cc1. The van der Waals surface area contributed by atoms with Crippen molar-refractivity contribution in [2.45, 2.75) is 39.5 Å². The van der Waals surface area contributed by atoms with Gasteiger partial charge in [0.05, 0.1) is 0 Å². The molecule has 6 heteroatoms. The van der Waals surface area contributed by atoms with Gasteiger partial charge in [-0.25, -0.2) is 0 Å². The fraction of sp³-hybridized carbons (Fsp3) is 0.625. The molecule has 1 N–H and O–H groups in total. The first kappa shape index (κ1) is 20.6. The van der Waals surface area contributed by atoms with E-state index in [2.05, 4.69) is 22.0 Å². The highest BCUT2D eigenvalue weighted by Crippen LogP contribution is 2.23. The Hall–Kier alpha value is -1.43. The smallest absolute Gasteiger partial charge is 0.406 e. The molecule has 0 spiro atoms. The maximum atomic E-state index is 11.7. The van der Waals surface area contributed by atoms with Crippen molar-refractivity contribution in [1.29, 1.82) is 0 Å². The maximum absolute atomic E-state index is 11.7. The van der Waals surface area contributed by atoms with Crippen molar-refractivity contribution in [3.05, 3.63) is 24.3 Å². The summed E-state index contributed by atoms with van der Waals surface area (Å²) in [6.07, 6.45) is -0.349. The minimum absolute atomic E-state index is 0.216. The third-order valence-electron chi connectivity index (χ3n) is 2.96. The van der Waals surface area contributed by atoms with Crippen molar-refractivity contribution in [2.24, 2.45) is 0 Å². The second-order valence-electron chi connectivity index (χ2n) is 4.69. The van der Waals surface area contributed by atoms with Crippen LogP contribution in [0, 0.1) is 0 Å². The molecule has 0 bridgehead atoms. The van der Waals surface area contributed by atoms with E-state index in [1.165, 1.54) is 56.6 Å². The largest absolute Gasteiger partial charge is 0.573 e. The summed E-state index contributed by atoms with van der Waals surface area (Å²) in [5.41, 5.74) is 0.731. The molecule has 0 aromatic heterocycles. The van der Waals surface area contributed by atoms with E-state index >= 15 is 0 Å². The first-order valence-electron chi connectivity index (χ1n) is 7.63. The molecule has 0 amide bonds. The van der Waals surface area contributed by atoms with Crippen molar-refractivity contribution >= 4 is 5.69 Å². The van der Waals surface area contributed by atoms with Crippen molar-refractivity contribution in [2.75, 3.05) is 32.5 Å². The summed E-state index contributed by atoms with van der Waals surface area (Å²) in [4.78, 5) is 2.39. The van der Waals surface area contributed by atoms with Crippen molar-refractivity contribution in [3.8, 4) is 5.75 Å². The van der Waals surface area contributed by atoms with Crippen LogP contribution in [-0.4, -0.2) is 38.4 Å². The molecule has 1 fully saturated rings. The number of halogens is 3. The Morgan fingerprint density at radius 3 is 1.82 bits per heavy atom. The van der Waals surface area contributed by atoms with E-state index in [1.54, 1.807) is 7.05 Å². The number of likely N-dealkylation sites (tertiary alicyclic amines) is 1. The van der Waals surface area contributed by atoms with Gasteiger partial charge in [-0.3, -0.25) is 0 Å². The van der Waals surface area contributed by atoms with Crippen LogP contribution in [0.25, 0.3) is 0 Å². The third kappa shape index (κ3) is 10.3. The molecule has 2 rings (SSSR count). The number of alkyl halides is 3. The summed E-state index contributed by atoms with van der Waals surface area (Å²) >= 11 is 0. The summed E-state index contributed by atoms with van der Waals surface area (Å²) in [7, 11) is 3.87. The number of nitrogens with one attached hydrogen (secondary N) is 1. The van der Waals surface area contributed by atoms with Gasteiger partial charge in [0.15, 0.2) is 0 Å². The minimum atomic E-state index is -4.62. The zero-order chi connectivity index (χ0) is 17.0.